The van der Waals surface area contributed by atoms with Crippen molar-refractivity contribution in [2.24, 2.45) is 0 Å². The van der Waals surface area contributed by atoms with Crippen LogP contribution in [0.3, 0.4) is 0 Å². The van der Waals surface area contributed by atoms with Crippen molar-refractivity contribution >= 4 is 26.7 Å². The van der Waals surface area contributed by atoms with Crippen molar-refractivity contribution in [2.45, 2.75) is 31.2 Å². The van der Waals surface area contributed by atoms with E-state index >= 15 is 0 Å². The largest absolute Gasteiger partial charge is 0.356 e. The summed E-state index contributed by atoms with van der Waals surface area (Å²) < 4.78 is 27.6. The average molecular weight is 382 g/mol. The van der Waals surface area contributed by atoms with E-state index < -0.39 is 10.0 Å². The van der Waals surface area contributed by atoms with Gasteiger partial charge in [-0.1, -0.05) is 24.3 Å². The van der Waals surface area contributed by atoms with E-state index in [1.54, 1.807) is 30.3 Å². The number of anilines is 1. The summed E-state index contributed by atoms with van der Waals surface area (Å²) in [6.45, 7) is 4.02. The standard InChI is InChI=1S/C20H22N4O2S/c1-15-9-10-17-18(13-15)22-19(23-20(17)24-11-5-6-12-24)14-21-27(25,26)16-7-3-2-4-8-16/h2-4,7-10,13,21H,5-6,11-12,14H2,1H3. The minimum Gasteiger partial charge on any atom is -0.356 e. The van der Waals surface area contributed by atoms with Gasteiger partial charge < -0.3 is 4.90 Å². The maximum atomic E-state index is 12.5. The number of sulfonamides is 1. The second-order valence-corrected chi connectivity index (χ2v) is 8.58. The van der Waals surface area contributed by atoms with Crippen LogP contribution in [0.1, 0.15) is 24.2 Å². The second kappa shape index (κ2) is 7.25. The fraction of sp³-hybridized carbons (Fsp3) is 0.300. The summed E-state index contributed by atoms with van der Waals surface area (Å²) in [7, 11) is -3.60. The molecule has 2 aromatic carbocycles. The lowest BCUT2D eigenvalue weighted by atomic mass is 10.1. The first-order chi connectivity index (χ1) is 13.0. The first-order valence-electron chi connectivity index (χ1n) is 9.10. The molecule has 3 aromatic rings. The van der Waals surface area contributed by atoms with Gasteiger partial charge >= 0.3 is 0 Å². The van der Waals surface area contributed by atoms with Crippen molar-refractivity contribution in [3.8, 4) is 0 Å². The van der Waals surface area contributed by atoms with E-state index in [4.69, 9.17) is 4.98 Å². The number of nitrogens with zero attached hydrogens (tertiary/aromatic N) is 3. The van der Waals surface area contributed by atoms with Gasteiger partial charge in [-0.05, 0) is 49.6 Å². The summed E-state index contributed by atoms with van der Waals surface area (Å²) in [5.74, 6) is 1.38. The molecule has 1 N–H and O–H groups in total. The topological polar surface area (TPSA) is 75.2 Å². The van der Waals surface area contributed by atoms with Crippen molar-refractivity contribution in [3.05, 3.63) is 59.9 Å². The van der Waals surface area contributed by atoms with Crippen LogP contribution in [0.25, 0.3) is 10.9 Å². The molecule has 0 saturated carbocycles. The van der Waals surface area contributed by atoms with Gasteiger partial charge in [0.15, 0.2) is 0 Å². The summed E-state index contributed by atoms with van der Waals surface area (Å²) in [4.78, 5) is 11.8. The number of rotatable bonds is 5. The highest BCUT2D eigenvalue weighted by Gasteiger charge is 2.19. The van der Waals surface area contributed by atoms with E-state index in [2.05, 4.69) is 26.7 Å². The predicted octanol–water partition coefficient (Wildman–Crippen LogP) is 3.02. The number of hydrogen-bond donors (Lipinski definition) is 1. The van der Waals surface area contributed by atoms with Crippen molar-refractivity contribution in [1.29, 1.82) is 0 Å². The Morgan fingerprint density at radius 2 is 1.78 bits per heavy atom. The van der Waals surface area contributed by atoms with Crippen LogP contribution in [0.2, 0.25) is 0 Å². The molecule has 27 heavy (non-hydrogen) atoms. The summed E-state index contributed by atoms with van der Waals surface area (Å²) in [6, 6.07) is 14.5. The number of benzene rings is 2. The van der Waals surface area contributed by atoms with E-state index in [0.29, 0.717) is 5.82 Å². The maximum absolute atomic E-state index is 12.5. The summed E-state index contributed by atoms with van der Waals surface area (Å²) >= 11 is 0. The van der Waals surface area contributed by atoms with Crippen LogP contribution in [0, 0.1) is 6.92 Å². The third kappa shape index (κ3) is 3.79. The molecule has 0 spiro atoms. The van der Waals surface area contributed by atoms with E-state index in [1.807, 2.05) is 13.0 Å². The fourth-order valence-electron chi connectivity index (χ4n) is 3.36. The number of aromatic nitrogens is 2. The van der Waals surface area contributed by atoms with E-state index in [9.17, 15) is 8.42 Å². The van der Waals surface area contributed by atoms with Crippen molar-refractivity contribution in [2.75, 3.05) is 18.0 Å². The lowest BCUT2D eigenvalue weighted by Crippen LogP contribution is -2.25. The highest BCUT2D eigenvalue weighted by molar-refractivity contribution is 7.89. The molecule has 1 saturated heterocycles. The second-order valence-electron chi connectivity index (χ2n) is 6.82. The number of aryl methyl sites for hydroxylation is 1. The fourth-order valence-corrected chi connectivity index (χ4v) is 4.36. The Hall–Kier alpha value is -2.51. The van der Waals surface area contributed by atoms with Crippen molar-refractivity contribution in [1.82, 2.24) is 14.7 Å². The Kier molecular flexibility index (Phi) is 4.80. The van der Waals surface area contributed by atoms with Gasteiger partial charge in [-0.15, -0.1) is 0 Å². The van der Waals surface area contributed by atoms with Crippen LogP contribution >= 0.6 is 0 Å². The van der Waals surface area contributed by atoms with Crippen LogP contribution in [-0.2, 0) is 16.6 Å². The molecular weight excluding hydrogens is 360 g/mol. The van der Waals surface area contributed by atoms with Crippen molar-refractivity contribution < 1.29 is 8.42 Å². The lowest BCUT2D eigenvalue weighted by Gasteiger charge is -2.19. The Balaban J connectivity index is 1.67. The third-order valence-electron chi connectivity index (χ3n) is 4.76. The molecule has 0 radical (unpaired) electrons. The molecule has 1 fully saturated rings. The Labute approximate surface area is 159 Å². The van der Waals surface area contributed by atoms with Crippen molar-refractivity contribution in [3.63, 3.8) is 0 Å². The molecule has 1 aliphatic rings. The zero-order valence-electron chi connectivity index (χ0n) is 15.2. The third-order valence-corrected chi connectivity index (χ3v) is 6.18. The lowest BCUT2D eigenvalue weighted by molar-refractivity contribution is 0.579. The van der Waals surface area contributed by atoms with Crippen LogP contribution in [-0.4, -0.2) is 31.5 Å². The molecule has 1 aliphatic heterocycles. The first-order valence-corrected chi connectivity index (χ1v) is 10.6. The minimum atomic E-state index is -3.60. The van der Waals surface area contributed by atoms with Gasteiger partial charge in [0, 0.05) is 18.5 Å². The molecule has 2 heterocycles. The SMILES string of the molecule is Cc1ccc2c(N3CCCC3)nc(CNS(=O)(=O)c3ccccc3)nc2c1. The smallest absolute Gasteiger partial charge is 0.240 e. The number of nitrogens with one attached hydrogen (secondary N) is 1. The van der Waals surface area contributed by atoms with Gasteiger partial charge in [0.1, 0.15) is 11.6 Å². The zero-order valence-corrected chi connectivity index (χ0v) is 16.0. The normalized spacial score (nSPS) is 14.8. The van der Waals surface area contributed by atoms with Crippen LogP contribution in [0.4, 0.5) is 5.82 Å². The van der Waals surface area contributed by atoms with E-state index in [0.717, 1.165) is 48.2 Å². The number of hydrogen-bond acceptors (Lipinski definition) is 5. The van der Waals surface area contributed by atoms with Gasteiger partial charge in [-0.25, -0.2) is 23.1 Å². The van der Waals surface area contributed by atoms with Gasteiger partial charge in [-0.3, -0.25) is 0 Å². The Bertz CT molecular complexity index is 1060. The summed E-state index contributed by atoms with van der Waals surface area (Å²) in [5.41, 5.74) is 1.96. The zero-order chi connectivity index (χ0) is 18.9. The van der Waals surface area contributed by atoms with Gasteiger partial charge in [-0.2, -0.15) is 0 Å². The van der Waals surface area contributed by atoms with Gasteiger partial charge in [0.25, 0.3) is 0 Å². The molecule has 0 atom stereocenters. The first kappa shape index (κ1) is 17.9. The summed E-state index contributed by atoms with van der Waals surface area (Å²) in [5, 5.41) is 1.01. The Morgan fingerprint density at radius 3 is 2.52 bits per heavy atom. The molecule has 4 rings (SSSR count). The molecule has 0 amide bonds. The molecule has 0 bridgehead atoms. The Morgan fingerprint density at radius 1 is 1.04 bits per heavy atom. The molecule has 1 aromatic heterocycles. The van der Waals surface area contributed by atoms with Crippen LogP contribution in [0.15, 0.2) is 53.4 Å². The monoisotopic (exact) mass is 382 g/mol. The molecular formula is C20H22N4O2S. The van der Waals surface area contributed by atoms with E-state index in [-0.39, 0.29) is 11.4 Å². The quantitative estimate of drug-likeness (QED) is 0.734. The van der Waals surface area contributed by atoms with Gasteiger partial charge in [0.05, 0.1) is 17.0 Å². The molecule has 0 unspecified atom stereocenters. The maximum Gasteiger partial charge on any atom is 0.240 e. The van der Waals surface area contributed by atoms with Crippen LogP contribution < -0.4 is 9.62 Å². The molecule has 6 nitrogen and oxygen atoms in total. The minimum absolute atomic E-state index is 0.0575. The van der Waals surface area contributed by atoms with E-state index in [1.165, 1.54) is 0 Å². The molecule has 140 valence electrons. The summed E-state index contributed by atoms with van der Waals surface area (Å²) in [6.07, 6.45) is 2.29. The average Bonchev–Trinajstić information content (AvgIpc) is 3.21. The molecule has 7 heteroatoms. The highest BCUT2D eigenvalue weighted by Crippen LogP contribution is 2.27. The highest BCUT2D eigenvalue weighted by atomic mass is 32.2. The number of fused-ring (bicyclic) bond motifs is 1. The predicted molar refractivity (Wildman–Crippen MR) is 106 cm³/mol. The van der Waals surface area contributed by atoms with Crippen LogP contribution in [0.5, 0.6) is 0 Å². The van der Waals surface area contributed by atoms with Gasteiger partial charge in [0.2, 0.25) is 10.0 Å². The molecule has 0 aliphatic carbocycles.